The van der Waals surface area contributed by atoms with Crippen molar-refractivity contribution in [2.45, 2.75) is 0 Å². The zero-order valence-electron chi connectivity index (χ0n) is 13.7. The van der Waals surface area contributed by atoms with E-state index in [9.17, 15) is 0 Å². The Bertz CT molecular complexity index is 800. The van der Waals surface area contributed by atoms with Crippen LogP contribution in [0.4, 0.5) is 11.4 Å². The topological polar surface area (TPSA) is 61.0 Å². The zero-order valence-corrected chi connectivity index (χ0v) is 15.3. The van der Waals surface area contributed by atoms with Crippen molar-refractivity contribution in [2.75, 3.05) is 38.1 Å². The summed E-state index contributed by atoms with van der Waals surface area (Å²) in [5.41, 5.74) is 1.42. The van der Waals surface area contributed by atoms with E-state index in [2.05, 4.69) is 10.6 Å². The SMILES string of the molecule is COc1cc(NC(=S)Nc2ccc3c(c2)OCCO3)c(OC)cc1Cl. The summed E-state index contributed by atoms with van der Waals surface area (Å²) in [4.78, 5) is 0. The number of methoxy groups -OCH3 is 2. The minimum absolute atomic E-state index is 0.388. The Labute approximate surface area is 156 Å². The first-order valence-corrected chi connectivity index (χ1v) is 8.28. The predicted octanol–water partition coefficient (Wildman–Crippen LogP) is 3.94. The van der Waals surface area contributed by atoms with E-state index in [1.807, 2.05) is 18.2 Å². The summed E-state index contributed by atoms with van der Waals surface area (Å²) < 4.78 is 21.6. The molecule has 0 saturated heterocycles. The number of fused-ring (bicyclic) bond motifs is 1. The molecule has 2 aromatic rings. The normalized spacial score (nSPS) is 12.3. The van der Waals surface area contributed by atoms with E-state index in [4.69, 9.17) is 42.8 Å². The first-order chi connectivity index (χ1) is 12.1. The molecule has 0 radical (unpaired) electrons. The van der Waals surface area contributed by atoms with Gasteiger partial charge in [-0.25, -0.2) is 0 Å². The highest BCUT2D eigenvalue weighted by Gasteiger charge is 2.14. The largest absolute Gasteiger partial charge is 0.495 e. The van der Waals surface area contributed by atoms with Crippen molar-refractivity contribution >= 4 is 40.3 Å². The summed E-state index contributed by atoms with van der Waals surface area (Å²) in [6.45, 7) is 1.08. The number of anilines is 2. The van der Waals surface area contributed by atoms with E-state index >= 15 is 0 Å². The summed E-state index contributed by atoms with van der Waals surface area (Å²) in [6.07, 6.45) is 0. The Morgan fingerprint density at radius 2 is 1.72 bits per heavy atom. The van der Waals surface area contributed by atoms with Crippen LogP contribution in [0.5, 0.6) is 23.0 Å². The lowest BCUT2D eigenvalue weighted by molar-refractivity contribution is 0.171. The fourth-order valence-electron chi connectivity index (χ4n) is 2.36. The number of halogens is 1. The van der Waals surface area contributed by atoms with Gasteiger partial charge in [-0.2, -0.15) is 0 Å². The third kappa shape index (κ3) is 4.00. The maximum atomic E-state index is 6.11. The van der Waals surface area contributed by atoms with Gasteiger partial charge in [0.15, 0.2) is 16.6 Å². The predicted molar refractivity (Wildman–Crippen MR) is 102 cm³/mol. The number of ether oxygens (including phenoxy) is 4. The van der Waals surface area contributed by atoms with Gasteiger partial charge in [0.25, 0.3) is 0 Å². The molecule has 0 saturated carbocycles. The van der Waals surface area contributed by atoms with Gasteiger partial charge in [0.2, 0.25) is 0 Å². The van der Waals surface area contributed by atoms with Gasteiger partial charge in [-0.1, -0.05) is 11.6 Å². The standard InChI is InChI=1S/C17H17ClN2O4S/c1-21-14-9-12(15(22-2)8-11(14)18)20-17(25)19-10-3-4-13-16(7-10)24-6-5-23-13/h3-4,7-9H,5-6H2,1-2H3,(H2,19,20,25). The van der Waals surface area contributed by atoms with Gasteiger partial charge in [0.1, 0.15) is 24.7 Å². The quantitative estimate of drug-likeness (QED) is 0.779. The molecular formula is C17H17ClN2O4S. The van der Waals surface area contributed by atoms with Crippen LogP contribution in [0, 0.1) is 0 Å². The molecule has 0 unspecified atom stereocenters. The highest BCUT2D eigenvalue weighted by molar-refractivity contribution is 7.80. The van der Waals surface area contributed by atoms with E-state index in [1.165, 1.54) is 0 Å². The number of rotatable bonds is 4. The smallest absolute Gasteiger partial charge is 0.175 e. The second-order valence-electron chi connectivity index (χ2n) is 5.12. The highest BCUT2D eigenvalue weighted by atomic mass is 35.5. The van der Waals surface area contributed by atoms with Crippen LogP contribution >= 0.6 is 23.8 Å². The number of nitrogens with one attached hydrogen (secondary N) is 2. The molecule has 1 heterocycles. The van der Waals surface area contributed by atoms with Crippen LogP contribution in [0.3, 0.4) is 0 Å². The first-order valence-electron chi connectivity index (χ1n) is 7.50. The lowest BCUT2D eigenvalue weighted by Crippen LogP contribution is -2.20. The van der Waals surface area contributed by atoms with E-state index in [-0.39, 0.29) is 0 Å². The Morgan fingerprint density at radius 1 is 1.00 bits per heavy atom. The van der Waals surface area contributed by atoms with Crippen LogP contribution in [0.1, 0.15) is 0 Å². The molecule has 3 rings (SSSR count). The van der Waals surface area contributed by atoms with Crippen LogP contribution in [0.25, 0.3) is 0 Å². The Balaban J connectivity index is 1.74. The summed E-state index contributed by atoms with van der Waals surface area (Å²) in [6, 6.07) is 8.92. The molecule has 0 bridgehead atoms. The van der Waals surface area contributed by atoms with Crippen molar-refractivity contribution < 1.29 is 18.9 Å². The Hall–Kier alpha value is -2.38. The van der Waals surface area contributed by atoms with Gasteiger partial charge < -0.3 is 29.6 Å². The summed E-state index contributed by atoms with van der Waals surface area (Å²) in [5, 5.41) is 7.02. The fraction of sp³-hybridized carbons (Fsp3) is 0.235. The van der Waals surface area contributed by atoms with Crippen LogP contribution in [-0.2, 0) is 0 Å². The van der Waals surface area contributed by atoms with E-state index in [1.54, 1.807) is 26.4 Å². The molecule has 1 aliphatic heterocycles. The lowest BCUT2D eigenvalue weighted by Gasteiger charge is -2.20. The minimum Gasteiger partial charge on any atom is -0.495 e. The average molecular weight is 381 g/mol. The molecule has 132 valence electrons. The number of hydrogen-bond donors (Lipinski definition) is 2. The zero-order chi connectivity index (χ0) is 17.8. The van der Waals surface area contributed by atoms with Crippen molar-refractivity contribution in [3.63, 3.8) is 0 Å². The Kier molecular flexibility index (Phi) is 5.35. The molecule has 1 aliphatic rings. The third-order valence-electron chi connectivity index (χ3n) is 3.52. The maximum Gasteiger partial charge on any atom is 0.175 e. The summed E-state index contributed by atoms with van der Waals surface area (Å²) in [7, 11) is 3.10. The molecule has 0 spiro atoms. The molecule has 2 aromatic carbocycles. The van der Waals surface area contributed by atoms with Gasteiger partial charge >= 0.3 is 0 Å². The van der Waals surface area contributed by atoms with Crippen LogP contribution < -0.4 is 29.6 Å². The van der Waals surface area contributed by atoms with Crippen LogP contribution in [0.2, 0.25) is 5.02 Å². The maximum absolute atomic E-state index is 6.11. The first kappa shape index (κ1) is 17.4. The molecule has 25 heavy (non-hydrogen) atoms. The molecule has 8 heteroatoms. The van der Waals surface area contributed by atoms with E-state index in [0.29, 0.717) is 46.3 Å². The molecule has 6 nitrogen and oxygen atoms in total. The molecule has 0 fully saturated rings. The molecule has 0 aromatic heterocycles. The molecule has 0 amide bonds. The van der Waals surface area contributed by atoms with E-state index in [0.717, 1.165) is 11.4 Å². The van der Waals surface area contributed by atoms with Gasteiger partial charge in [0.05, 0.1) is 24.9 Å². The van der Waals surface area contributed by atoms with Gasteiger partial charge in [0, 0.05) is 23.9 Å². The molecular weight excluding hydrogens is 364 g/mol. The minimum atomic E-state index is 0.388. The number of hydrogen-bond acceptors (Lipinski definition) is 5. The number of thiocarbonyl (C=S) groups is 1. The van der Waals surface area contributed by atoms with Gasteiger partial charge in [-0.3, -0.25) is 0 Å². The van der Waals surface area contributed by atoms with Gasteiger partial charge in [-0.05, 0) is 24.4 Å². The molecule has 2 N–H and O–H groups in total. The van der Waals surface area contributed by atoms with Gasteiger partial charge in [-0.15, -0.1) is 0 Å². The van der Waals surface area contributed by atoms with Crippen LogP contribution in [0.15, 0.2) is 30.3 Å². The van der Waals surface area contributed by atoms with Crippen molar-refractivity contribution in [3.05, 3.63) is 35.4 Å². The van der Waals surface area contributed by atoms with E-state index < -0.39 is 0 Å². The monoisotopic (exact) mass is 380 g/mol. The fourth-order valence-corrected chi connectivity index (χ4v) is 2.82. The van der Waals surface area contributed by atoms with Crippen LogP contribution in [-0.4, -0.2) is 32.5 Å². The summed E-state index contributed by atoms with van der Waals surface area (Å²) in [5.74, 6) is 2.48. The van der Waals surface area contributed by atoms with Crippen molar-refractivity contribution in [1.82, 2.24) is 0 Å². The highest BCUT2D eigenvalue weighted by Crippen LogP contribution is 2.36. The van der Waals surface area contributed by atoms with Crippen molar-refractivity contribution in [2.24, 2.45) is 0 Å². The van der Waals surface area contributed by atoms with Crippen molar-refractivity contribution in [1.29, 1.82) is 0 Å². The molecule has 0 atom stereocenters. The number of benzene rings is 2. The second-order valence-corrected chi connectivity index (χ2v) is 5.94. The second kappa shape index (κ2) is 7.67. The summed E-state index contributed by atoms with van der Waals surface area (Å²) >= 11 is 11.5. The lowest BCUT2D eigenvalue weighted by atomic mass is 10.2. The Morgan fingerprint density at radius 3 is 2.44 bits per heavy atom. The molecule has 0 aliphatic carbocycles. The average Bonchev–Trinajstić information content (AvgIpc) is 2.62. The van der Waals surface area contributed by atoms with Crippen molar-refractivity contribution in [3.8, 4) is 23.0 Å². The third-order valence-corrected chi connectivity index (χ3v) is 4.02.